The highest BCUT2D eigenvalue weighted by atomic mass is 35.5. The summed E-state index contributed by atoms with van der Waals surface area (Å²) in [5, 5.41) is 11.9. The maximum absolute atomic E-state index is 13.9. The molecule has 0 bridgehead atoms. The van der Waals surface area contributed by atoms with Crippen molar-refractivity contribution in [1.29, 1.82) is 0 Å². The van der Waals surface area contributed by atoms with Crippen LogP contribution in [0, 0.1) is 5.82 Å². The van der Waals surface area contributed by atoms with E-state index in [1.807, 2.05) is 24.3 Å². The van der Waals surface area contributed by atoms with E-state index in [1.165, 1.54) is 6.07 Å². The number of rotatable bonds is 5. The molecule has 1 aliphatic rings. The first-order valence-corrected chi connectivity index (χ1v) is 8.29. The molecule has 0 unspecified atom stereocenters. The summed E-state index contributed by atoms with van der Waals surface area (Å²) in [6.07, 6.45) is 1.64. The quantitative estimate of drug-likeness (QED) is 0.678. The molecule has 0 N–H and O–H groups in total. The van der Waals surface area contributed by atoms with Gasteiger partial charge in [0.15, 0.2) is 5.82 Å². The normalized spacial score (nSPS) is 15.0. The molecular weight excluding hydrogens is 359 g/mol. The van der Waals surface area contributed by atoms with Crippen LogP contribution in [0.2, 0.25) is 0 Å². The molecule has 138 valence electrons. The highest BCUT2D eigenvalue weighted by Crippen LogP contribution is 2.20. The van der Waals surface area contributed by atoms with E-state index in [4.69, 9.17) is 4.42 Å². The van der Waals surface area contributed by atoms with Gasteiger partial charge in [-0.05, 0) is 34.7 Å². The van der Waals surface area contributed by atoms with Gasteiger partial charge in [0.05, 0.1) is 18.5 Å². The van der Waals surface area contributed by atoms with Crippen molar-refractivity contribution in [3.63, 3.8) is 0 Å². The number of hydrogen-bond donors (Lipinski definition) is 0. The average molecular weight is 379 g/mol. The smallest absolute Gasteiger partial charge is 0.165 e. The van der Waals surface area contributed by atoms with E-state index in [0.717, 1.165) is 37.8 Å². The largest absolute Gasteiger partial charge is 0.467 e. The third-order valence-corrected chi connectivity index (χ3v) is 4.42. The fourth-order valence-corrected chi connectivity index (χ4v) is 3.06. The van der Waals surface area contributed by atoms with Gasteiger partial charge in [-0.15, -0.1) is 17.5 Å². The van der Waals surface area contributed by atoms with Crippen LogP contribution in [0.4, 0.5) is 10.1 Å². The lowest BCUT2D eigenvalue weighted by atomic mass is 10.2. The van der Waals surface area contributed by atoms with Gasteiger partial charge in [0.1, 0.15) is 18.1 Å². The Morgan fingerprint density at radius 2 is 1.81 bits per heavy atom. The van der Waals surface area contributed by atoms with Gasteiger partial charge in [0, 0.05) is 26.2 Å². The zero-order valence-corrected chi connectivity index (χ0v) is 15.0. The van der Waals surface area contributed by atoms with Crippen LogP contribution in [-0.4, -0.2) is 51.3 Å². The predicted molar refractivity (Wildman–Crippen MR) is 96.8 cm³/mol. The molecule has 0 aliphatic carbocycles. The summed E-state index contributed by atoms with van der Waals surface area (Å²) in [6.45, 7) is 4.41. The van der Waals surface area contributed by atoms with Gasteiger partial charge >= 0.3 is 0 Å². The first-order valence-electron chi connectivity index (χ1n) is 8.29. The van der Waals surface area contributed by atoms with E-state index >= 15 is 0 Å². The van der Waals surface area contributed by atoms with Crippen molar-refractivity contribution in [3.05, 3.63) is 60.1 Å². The number of tetrazole rings is 1. The minimum atomic E-state index is -0.168. The molecule has 9 heteroatoms. The van der Waals surface area contributed by atoms with Gasteiger partial charge in [0.2, 0.25) is 0 Å². The standard InChI is InChI=1S/C17H19FN6O.ClH/c18-15-5-1-2-6-16(15)23-9-7-22(8-10-23)13-17-19-20-21-24(17)12-14-4-3-11-25-14;/h1-6,11H,7-10,12-13H2;1H. The zero-order valence-electron chi connectivity index (χ0n) is 14.2. The van der Waals surface area contributed by atoms with Gasteiger partial charge in [-0.2, -0.15) is 0 Å². The molecule has 3 aromatic rings. The van der Waals surface area contributed by atoms with E-state index in [0.29, 0.717) is 18.8 Å². The molecule has 1 saturated heterocycles. The number of halogens is 2. The Kier molecular flexibility index (Phi) is 5.85. The molecule has 4 rings (SSSR count). The zero-order chi connectivity index (χ0) is 17.1. The van der Waals surface area contributed by atoms with Crippen LogP contribution in [0.15, 0.2) is 47.1 Å². The van der Waals surface area contributed by atoms with Crippen molar-refractivity contribution in [2.24, 2.45) is 0 Å². The highest BCUT2D eigenvalue weighted by Gasteiger charge is 2.21. The Morgan fingerprint density at radius 1 is 1.00 bits per heavy atom. The number of aromatic nitrogens is 4. The molecule has 0 amide bonds. The fraction of sp³-hybridized carbons (Fsp3) is 0.353. The van der Waals surface area contributed by atoms with Crippen LogP contribution >= 0.6 is 12.4 Å². The number of piperazine rings is 1. The van der Waals surface area contributed by atoms with Gasteiger partial charge in [-0.1, -0.05) is 12.1 Å². The Balaban J connectivity index is 0.00000196. The van der Waals surface area contributed by atoms with Crippen molar-refractivity contribution in [3.8, 4) is 0 Å². The van der Waals surface area contributed by atoms with E-state index < -0.39 is 0 Å². The van der Waals surface area contributed by atoms with Crippen LogP contribution in [0.25, 0.3) is 0 Å². The SMILES string of the molecule is Cl.Fc1ccccc1N1CCN(Cc2nnnn2Cc2ccco2)CC1. The molecule has 1 aromatic carbocycles. The molecule has 0 radical (unpaired) electrons. The maximum atomic E-state index is 13.9. The number of hydrogen-bond acceptors (Lipinski definition) is 6. The minimum Gasteiger partial charge on any atom is -0.467 e. The molecule has 1 fully saturated rings. The topological polar surface area (TPSA) is 63.2 Å². The van der Waals surface area contributed by atoms with Gasteiger partial charge in [0.25, 0.3) is 0 Å². The Bertz CT molecular complexity index is 816. The number of para-hydroxylation sites is 1. The first kappa shape index (κ1) is 18.3. The second-order valence-electron chi connectivity index (χ2n) is 6.05. The molecular formula is C17H20ClFN6O. The summed E-state index contributed by atoms with van der Waals surface area (Å²) in [7, 11) is 0. The summed E-state index contributed by atoms with van der Waals surface area (Å²) < 4.78 is 21.0. The number of benzene rings is 1. The van der Waals surface area contributed by atoms with Crippen LogP contribution in [0.5, 0.6) is 0 Å². The maximum Gasteiger partial charge on any atom is 0.165 e. The third kappa shape index (κ3) is 4.03. The van der Waals surface area contributed by atoms with Gasteiger partial charge < -0.3 is 9.32 Å². The van der Waals surface area contributed by atoms with E-state index in [2.05, 4.69) is 25.3 Å². The summed E-state index contributed by atoms with van der Waals surface area (Å²) >= 11 is 0. The second kappa shape index (κ2) is 8.29. The molecule has 7 nitrogen and oxygen atoms in total. The molecule has 0 saturated carbocycles. The van der Waals surface area contributed by atoms with Crippen molar-refractivity contribution in [2.45, 2.75) is 13.1 Å². The Hall–Kier alpha value is -2.45. The predicted octanol–water partition coefficient (Wildman–Crippen LogP) is 2.20. The van der Waals surface area contributed by atoms with Crippen molar-refractivity contribution < 1.29 is 8.81 Å². The first-order chi connectivity index (χ1) is 12.3. The lowest BCUT2D eigenvalue weighted by Gasteiger charge is -2.35. The van der Waals surface area contributed by atoms with E-state index in [1.54, 1.807) is 17.0 Å². The highest BCUT2D eigenvalue weighted by molar-refractivity contribution is 5.85. The van der Waals surface area contributed by atoms with Crippen molar-refractivity contribution >= 4 is 18.1 Å². The molecule has 3 heterocycles. The number of anilines is 1. The molecule has 0 spiro atoms. The number of nitrogens with zero attached hydrogens (tertiary/aromatic N) is 6. The van der Waals surface area contributed by atoms with Crippen molar-refractivity contribution in [2.75, 3.05) is 31.1 Å². The molecule has 0 atom stereocenters. The van der Waals surface area contributed by atoms with Crippen LogP contribution < -0.4 is 4.90 Å². The summed E-state index contributed by atoms with van der Waals surface area (Å²) in [6, 6.07) is 10.7. The summed E-state index contributed by atoms with van der Waals surface area (Å²) in [4.78, 5) is 4.36. The summed E-state index contributed by atoms with van der Waals surface area (Å²) in [5.74, 6) is 1.45. The minimum absolute atomic E-state index is 0. The Labute approximate surface area is 156 Å². The second-order valence-corrected chi connectivity index (χ2v) is 6.05. The van der Waals surface area contributed by atoms with E-state index in [9.17, 15) is 4.39 Å². The van der Waals surface area contributed by atoms with Gasteiger partial charge in [-0.3, -0.25) is 4.90 Å². The van der Waals surface area contributed by atoms with Crippen LogP contribution in [0.1, 0.15) is 11.6 Å². The number of furan rings is 1. The van der Waals surface area contributed by atoms with Crippen LogP contribution in [-0.2, 0) is 13.1 Å². The fourth-order valence-electron chi connectivity index (χ4n) is 3.06. The molecule has 26 heavy (non-hydrogen) atoms. The van der Waals surface area contributed by atoms with Crippen molar-refractivity contribution in [1.82, 2.24) is 25.1 Å². The van der Waals surface area contributed by atoms with Crippen LogP contribution in [0.3, 0.4) is 0 Å². The lowest BCUT2D eigenvalue weighted by molar-refractivity contribution is 0.238. The monoisotopic (exact) mass is 378 g/mol. The van der Waals surface area contributed by atoms with E-state index in [-0.39, 0.29) is 18.2 Å². The summed E-state index contributed by atoms with van der Waals surface area (Å²) in [5.41, 5.74) is 0.671. The lowest BCUT2D eigenvalue weighted by Crippen LogP contribution is -2.46. The average Bonchev–Trinajstić information content (AvgIpc) is 3.29. The van der Waals surface area contributed by atoms with Gasteiger partial charge in [-0.25, -0.2) is 9.07 Å². The Morgan fingerprint density at radius 3 is 2.54 bits per heavy atom. The molecule has 2 aromatic heterocycles. The third-order valence-electron chi connectivity index (χ3n) is 4.42. The molecule has 1 aliphatic heterocycles.